The molecule has 112 valence electrons. The molecule has 0 bridgehead atoms. The molecule has 2 heterocycles. The first-order chi connectivity index (χ1) is 10.1. The molecule has 7 heteroatoms. The van der Waals surface area contributed by atoms with Gasteiger partial charge in [0.1, 0.15) is 5.00 Å². The Kier molecular flexibility index (Phi) is 4.64. The van der Waals surface area contributed by atoms with Gasteiger partial charge in [-0.25, -0.2) is 4.98 Å². The van der Waals surface area contributed by atoms with E-state index in [-0.39, 0.29) is 5.78 Å². The lowest BCUT2D eigenvalue weighted by Crippen LogP contribution is -2.00. The van der Waals surface area contributed by atoms with Crippen LogP contribution in [0, 0.1) is 0 Å². The number of nitrogens with two attached hydrogens (primary N) is 1. The number of thiophene rings is 1. The standard InChI is InChI=1S/C14H17N3O3S/c1-8(18)13-11(15)12(20-3)14(21-13)17-7-9-4-5-10(19-2)16-6-9/h4-6,17H,7,15H2,1-3H3. The molecule has 0 radical (unpaired) electrons. The molecule has 0 aliphatic heterocycles. The number of nitrogens with zero attached hydrogens (tertiary/aromatic N) is 1. The third-order valence-electron chi connectivity index (χ3n) is 2.88. The van der Waals surface area contributed by atoms with Crippen molar-refractivity contribution in [1.82, 2.24) is 4.98 Å². The lowest BCUT2D eigenvalue weighted by atomic mass is 10.3. The van der Waals surface area contributed by atoms with Gasteiger partial charge in [0.05, 0.1) is 24.8 Å². The molecular weight excluding hydrogens is 290 g/mol. The molecule has 0 spiro atoms. The maximum absolute atomic E-state index is 11.5. The highest BCUT2D eigenvalue weighted by Crippen LogP contribution is 2.42. The summed E-state index contributed by atoms with van der Waals surface area (Å²) in [6.45, 7) is 2.03. The monoisotopic (exact) mass is 307 g/mol. The Morgan fingerprint density at radius 1 is 1.38 bits per heavy atom. The van der Waals surface area contributed by atoms with Crippen molar-refractivity contribution in [1.29, 1.82) is 0 Å². The van der Waals surface area contributed by atoms with E-state index in [0.29, 0.717) is 28.7 Å². The molecule has 6 nitrogen and oxygen atoms in total. The Morgan fingerprint density at radius 3 is 2.67 bits per heavy atom. The molecule has 0 aromatic carbocycles. The van der Waals surface area contributed by atoms with E-state index in [2.05, 4.69) is 10.3 Å². The van der Waals surface area contributed by atoms with E-state index in [9.17, 15) is 4.79 Å². The number of rotatable bonds is 6. The number of aromatic nitrogens is 1. The van der Waals surface area contributed by atoms with Gasteiger partial charge in [0, 0.05) is 25.7 Å². The minimum absolute atomic E-state index is 0.0741. The Balaban J connectivity index is 2.15. The van der Waals surface area contributed by atoms with E-state index in [1.807, 2.05) is 6.07 Å². The van der Waals surface area contributed by atoms with Crippen molar-refractivity contribution in [2.24, 2.45) is 0 Å². The van der Waals surface area contributed by atoms with Crippen molar-refractivity contribution in [2.75, 3.05) is 25.3 Å². The van der Waals surface area contributed by atoms with Gasteiger partial charge in [-0.15, -0.1) is 11.3 Å². The first kappa shape index (κ1) is 15.1. The fourth-order valence-corrected chi connectivity index (χ4v) is 2.81. The zero-order chi connectivity index (χ0) is 15.4. The van der Waals surface area contributed by atoms with Gasteiger partial charge in [-0.2, -0.15) is 0 Å². The second kappa shape index (κ2) is 6.45. The summed E-state index contributed by atoms with van der Waals surface area (Å²) in [6, 6.07) is 3.70. The van der Waals surface area contributed by atoms with Crippen LogP contribution in [0.15, 0.2) is 18.3 Å². The lowest BCUT2D eigenvalue weighted by molar-refractivity contribution is 0.102. The molecule has 3 N–H and O–H groups in total. The summed E-state index contributed by atoms with van der Waals surface area (Å²) in [6.07, 6.45) is 1.72. The number of pyridine rings is 1. The number of carbonyl (C=O) groups excluding carboxylic acids is 1. The van der Waals surface area contributed by atoms with Crippen molar-refractivity contribution >= 4 is 27.8 Å². The van der Waals surface area contributed by atoms with E-state index in [1.54, 1.807) is 19.4 Å². The number of nitrogen functional groups attached to an aromatic ring is 1. The number of nitrogens with one attached hydrogen (secondary N) is 1. The minimum atomic E-state index is -0.0741. The number of ether oxygens (including phenoxy) is 2. The Bertz CT molecular complexity index is 638. The number of Topliss-reactive ketones (excluding diaryl/α,β-unsaturated/α-hetero) is 1. The summed E-state index contributed by atoms with van der Waals surface area (Å²) in [4.78, 5) is 16.2. The van der Waals surface area contributed by atoms with Crippen molar-refractivity contribution < 1.29 is 14.3 Å². The maximum atomic E-state index is 11.5. The highest BCUT2D eigenvalue weighted by molar-refractivity contribution is 7.19. The lowest BCUT2D eigenvalue weighted by Gasteiger charge is -2.07. The number of methoxy groups -OCH3 is 2. The number of hydrogen-bond acceptors (Lipinski definition) is 7. The van der Waals surface area contributed by atoms with Gasteiger partial charge < -0.3 is 20.5 Å². The van der Waals surface area contributed by atoms with E-state index < -0.39 is 0 Å². The Morgan fingerprint density at radius 2 is 2.14 bits per heavy atom. The van der Waals surface area contributed by atoms with Crippen LogP contribution in [0.25, 0.3) is 0 Å². The fraction of sp³-hybridized carbons (Fsp3) is 0.286. The summed E-state index contributed by atoms with van der Waals surface area (Å²) in [5.74, 6) is 0.997. The number of carbonyl (C=O) groups is 1. The molecule has 0 amide bonds. The molecule has 2 aromatic rings. The second-order valence-electron chi connectivity index (χ2n) is 4.33. The van der Waals surface area contributed by atoms with E-state index in [1.165, 1.54) is 25.4 Å². The van der Waals surface area contributed by atoms with Crippen molar-refractivity contribution in [2.45, 2.75) is 13.5 Å². The minimum Gasteiger partial charge on any atom is -0.492 e. The normalized spacial score (nSPS) is 10.2. The zero-order valence-electron chi connectivity index (χ0n) is 12.1. The first-order valence-electron chi connectivity index (χ1n) is 6.26. The van der Waals surface area contributed by atoms with E-state index >= 15 is 0 Å². The molecule has 0 unspecified atom stereocenters. The smallest absolute Gasteiger partial charge is 0.212 e. The summed E-state index contributed by atoms with van der Waals surface area (Å²) in [7, 11) is 3.10. The molecular formula is C14H17N3O3S. The molecule has 0 saturated heterocycles. The van der Waals surface area contributed by atoms with Crippen LogP contribution in [-0.4, -0.2) is 25.0 Å². The summed E-state index contributed by atoms with van der Waals surface area (Å²) >= 11 is 1.29. The van der Waals surface area contributed by atoms with Crippen LogP contribution in [0.2, 0.25) is 0 Å². The van der Waals surface area contributed by atoms with Crippen molar-refractivity contribution in [3.8, 4) is 11.6 Å². The molecule has 21 heavy (non-hydrogen) atoms. The molecule has 2 aromatic heterocycles. The third-order valence-corrected chi connectivity index (χ3v) is 4.13. The predicted molar refractivity (Wildman–Crippen MR) is 83.4 cm³/mol. The van der Waals surface area contributed by atoms with Gasteiger partial charge in [0.2, 0.25) is 5.88 Å². The van der Waals surface area contributed by atoms with Crippen LogP contribution in [0.5, 0.6) is 11.6 Å². The molecule has 0 aliphatic carbocycles. The van der Waals surface area contributed by atoms with Crippen LogP contribution in [-0.2, 0) is 6.54 Å². The quantitative estimate of drug-likeness (QED) is 0.798. The zero-order valence-corrected chi connectivity index (χ0v) is 12.9. The van der Waals surface area contributed by atoms with Crippen molar-refractivity contribution in [3.63, 3.8) is 0 Å². The van der Waals surface area contributed by atoms with Crippen LogP contribution in [0.3, 0.4) is 0 Å². The third kappa shape index (κ3) is 3.25. The van der Waals surface area contributed by atoms with Gasteiger partial charge in [-0.1, -0.05) is 6.07 Å². The van der Waals surface area contributed by atoms with Gasteiger partial charge in [0.15, 0.2) is 11.5 Å². The Hall–Kier alpha value is -2.28. The molecule has 0 saturated carbocycles. The summed E-state index contributed by atoms with van der Waals surface area (Å²) in [5, 5.41) is 3.95. The van der Waals surface area contributed by atoms with Crippen LogP contribution >= 0.6 is 11.3 Å². The predicted octanol–water partition coefficient (Wildman–Crippen LogP) is 2.56. The highest BCUT2D eigenvalue weighted by Gasteiger charge is 2.19. The molecule has 2 rings (SSSR count). The largest absolute Gasteiger partial charge is 0.492 e. The van der Waals surface area contributed by atoms with Gasteiger partial charge in [-0.05, 0) is 5.56 Å². The molecule has 0 atom stereocenters. The van der Waals surface area contributed by atoms with Crippen LogP contribution < -0.4 is 20.5 Å². The SMILES string of the molecule is COc1ccc(CNc2sc(C(C)=O)c(N)c2OC)cn1. The van der Waals surface area contributed by atoms with E-state index in [4.69, 9.17) is 15.2 Å². The van der Waals surface area contributed by atoms with Gasteiger partial charge in [0.25, 0.3) is 0 Å². The van der Waals surface area contributed by atoms with E-state index in [0.717, 1.165) is 10.6 Å². The fourth-order valence-electron chi connectivity index (χ4n) is 1.83. The summed E-state index contributed by atoms with van der Waals surface area (Å²) < 4.78 is 10.3. The number of anilines is 2. The highest BCUT2D eigenvalue weighted by atomic mass is 32.1. The topological polar surface area (TPSA) is 86.5 Å². The average molecular weight is 307 g/mol. The molecule has 0 aliphatic rings. The maximum Gasteiger partial charge on any atom is 0.212 e. The number of ketones is 1. The summed E-state index contributed by atoms with van der Waals surface area (Å²) in [5.41, 5.74) is 7.28. The van der Waals surface area contributed by atoms with Gasteiger partial charge in [-0.3, -0.25) is 4.79 Å². The van der Waals surface area contributed by atoms with Crippen LogP contribution in [0.1, 0.15) is 22.2 Å². The van der Waals surface area contributed by atoms with Crippen LogP contribution in [0.4, 0.5) is 10.7 Å². The van der Waals surface area contributed by atoms with Crippen molar-refractivity contribution in [3.05, 3.63) is 28.8 Å². The van der Waals surface area contributed by atoms with Gasteiger partial charge >= 0.3 is 0 Å². The molecule has 0 fully saturated rings. The Labute approximate surface area is 126 Å². The first-order valence-corrected chi connectivity index (χ1v) is 7.08. The number of hydrogen-bond donors (Lipinski definition) is 2. The average Bonchev–Trinajstić information content (AvgIpc) is 2.81. The second-order valence-corrected chi connectivity index (χ2v) is 5.35.